The number of aliphatic hydroxyl groups is 1. The summed E-state index contributed by atoms with van der Waals surface area (Å²) in [6.07, 6.45) is 10.6. The Labute approximate surface area is 225 Å². The van der Waals surface area contributed by atoms with Gasteiger partial charge in [-0.2, -0.15) is 8.42 Å². The fourth-order valence-corrected chi connectivity index (χ4v) is 10.6. The zero-order valence-corrected chi connectivity index (χ0v) is 25.1. The molecular formula is C30H52O6S. The van der Waals surface area contributed by atoms with E-state index in [-0.39, 0.29) is 12.4 Å². The minimum Gasteiger partial charge on any atom is -0.459 e. The molecule has 4 aliphatic rings. The van der Waals surface area contributed by atoms with E-state index in [2.05, 4.69) is 34.6 Å². The van der Waals surface area contributed by atoms with Crippen LogP contribution in [0.15, 0.2) is 0 Å². The summed E-state index contributed by atoms with van der Waals surface area (Å²) in [4.78, 5) is 12.2. The van der Waals surface area contributed by atoms with Crippen LogP contribution in [0, 0.1) is 46.3 Å². The normalized spacial score (nSPS) is 44.6. The van der Waals surface area contributed by atoms with E-state index in [1.807, 2.05) is 0 Å². The van der Waals surface area contributed by atoms with E-state index in [4.69, 9.17) is 8.92 Å². The number of ether oxygens (including phenoxy) is 1. The van der Waals surface area contributed by atoms with Crippen molar-refractivity contribution in [2.45, 2.75) is 130 Å². The predicted octanol–water partition coefficient (Wildman–Crippen LogP) is 6.11. The topological polar surface area (TPSA) is 89.9 Å². The minimum absolute atomic E-state index is 0.190. The fraction of sp³-hybridized carbons (Fsp3) is 0.967. The van der Waals surface area contributed by atoms with Crippen molar-refractivity contribution in [2.75, 3.05) is 6.26 Å². The standard InChI is InChI=1S/C30H52O6S/c1-19(2)9-8-10-20(3)24-11-12-25-23-17-27(35-21(4)31)30(32)18-22(36-37(7,33)34)13-16-29(30,6)26(23)14-15-28(24,25)5/h19-20,22-27,32H,8-18H2,1-7H3. The molecule has 0 radical (unpaired) electrons. The molecule has 0 aliphatic heterocycles. The first-order valence-electron chi connectivity index (χ1n) is 14.9. The highest BCUT2D eigenvalue weighted by atomic mass is 32.2. The molecule has 4 fully saturated rings. The molecule has 10 atom stereocenters. The zero-order valence-electron chi connectivity index (χ0n) is 24.3. The van der Waals surface area contributed by atoms with Gasteiger partial charge in [-0.05, 0) is 85.9 Å². The third kappa shape index (κ3) is 5.39. The van der Waals surface area contributed by atoms with Crippen LogP contribution in [-0.4, -0.2) is 43.6 Å². The predicted molar refractivity (Wildman–Crippen MR) is 145 cm³/mol. The van der Waals surface area contributed by atoms with Gasteiger partial charge >= 0.3 is 5.97 Å². The van der Waals surface area contributed by atoms with Gasteiger partial charge in [-0.25, -0.2) is 0 Å². The second-order valence-corrected chi connectivity index (χ2v) is 15.8. The maximum atomic E-state index is 12.3. The van der Waals surface area contributed by atoms with Crippen molar-refractivity contribution in [2.24, 2.45) is 46.3 Å². The van der Waals surface area contributed by atoms with Gasteiger partial charge in [-0.15, -0.1) is 0 Å². The van der Waals surface area contributed by atoms with Crippen LogP contribution >= 0.6 is 0 Å². The Kier molecular flexibility index (Phi) is 8.23. The first kappa shape index (κ1) is 29.3. The average molecular weight is 541 g/mol. The fourth-order valence-electron chi connectivity index (χ4n) is 9.91. The van der Waals surface area contributed by atoms with Gasteiger partial charge in [0.05, 0.1) is 12.4 Å². The Balaban J connectivity index is 1.59. The molecule has 0 heterocycles. The van der Waals surface area contributed by atoms with Crippen LogP contribution < -0.4 is 0 Å². The molecule has 0 aromatic rings. The van der Waals surface area contributed by atoms with Crippen molar-refractivity contribution >= 4 is 16.1 Å². The van der Waals surface area contributed by atoms with Gasteiger partial charge in [-0.3, -0.25) is 8.98 Å². The second-order valence-electron chi connectivity index (χ2n) is 14.2. The van der Waals surface area contributed by atoms with E-state index in [9.17, 15) is 18.3 Å². The highest BCUT2D eigenvalue weighted by Crippen LogP contribution is 2.69. The van der Waals surface area contributed by atoms with E-state index in [1.54, 1.807) is 0 Å². The number of rotatable bonds is 8. The second kappa shape index (κ2) is 10.4. The van der Waals surface area contributed by atoms with Crippen LogP contribution in [0.1, 0.15) is 112 Å². The van der Waals surface area contributed by atoms with Crippen LogP contribution in [0.25, 0.3) is 0 Å². The number of fused-ring (bicyclic) bond motifs is 5. The van der Waals surface area contributed by atoms with E-state index < -0.39 is 33.3 Å². The number of esters is 1. The monoisotopic (exact) mass is 540 g/mol. The molecule has 0 aromatic carbocycles. The highest BCUT2D eigenvalue weighted by Gasteiger charge is 2.68. The summed E-state index contributed by atoms with van der Waals surface area (Å²) in [7, 11) is -3.64. The molecular weight excluding hydrogens is 488 g/mol. The summed E-state index contributed by atoms with van der Waals surface area (Å²) in [5.74, 6) is 3.15. The number of carbonyl (C=O) groups excluding carboxylic acids is 1. The Morgan fingerprint density at radius 2 is 1.73 bits per heavy atom. The SMILES string of the molecule is CC(=O)OC1CC2C3CCC(C(C)CCCC(C)C)C3(C)CCC2C2(C)CCC(OS(C)(=O)=O)CC12O. The minimum atomic E-state index is -3.64. The Bertz CT molecular complexity index is 948. The number of hydrogen-bond acceptors (Lipinski definition) is 6. The Hall–Kier alpha value is -0.660. The lowest BCUT2D eigenvalue weighted by atomic mass is 9.42. The van der Waals surface area contributed by atoms with Crippen LogP contribution in [0.2, 0.25) is 0 Å². The molecule has 1 N–H and O–H groups in total. The summed E-state index contributed by atoms with van der Waals surface area (Å²) in [5.41, 5.74) is -1.43. The van der Waals surface area contributed by atoms with Crippen LogP contribution in [0.5, 0.6) is 0 Å². The Morgan fingerprint density at radius 1 is 1.03 bits per heavy atom. The highest BCUT2D eigenvalue weighted by molar-refractivity contribution is 7.86. The lowest BCUT2D eigenvalue weighted by molar-refractivity contribution is -0.268. The van der Waals surface area contributed by atoms with Crippen molar-refractivity contribution in [3.8, 4) is 0 Å². The van der Waals surface area contributed by atoms with Crippen LogP contribution in [-0.2, 0) is 23.8 Å². The summed E-state index contributed by atoms with van der Waals surface area (Å²) in [6.45, 7) is 13.2. The van der Waals surface area contributed by atoms with Gasteiger partial charge in [0, 0.05) is 18.8 Å². The number of hydrogen-bond donors (Lipinski definition) is 1. The molecule has 7 heteroatoms. The molecule has 0 aromatic heterocycles. The summed E-state index contributed by atoms with van der Waals surface area (Å²) >= 11 is 0. The lowest BCUT2D eigenvalue weighted by Crippen LogP contribution is -2.69. The third-order valence-electron chi connectivity index (χ3n) is 11.6. The van der Waals surface area contributed by atoms with Crippen molar-refractivity contribution in [1.82, 2.24) is 0 Å². The van der Waals surface area contributed by atoms with Gasteiger partial charge in [0.15, 0.2) is 0 Å². The summed E-state index contributed by atoms with van der Waals surface area (Å²) < 4.78 is 35.0. The van der Waals surface area contributed by atoms with Crippen molar-refractivity contribution in [3.05, 3.63) is 0 Å². The molecule has 4 rings (SSSR count). The molecule has 214 valence electrons. The maximum absolute atomic E-state index is 12.3. The number of carbonyl (C=O) groups is 1. The quantitative estimate of drug-likeness (QED) is 0.295. The van der Waals surface area contributed by atoms with Crippen molar-refractivity contribution in [1.29, 1.82) is 0 Å². The molecule has 4 aliphatic carbocycles. The molecule has 10 unspecified atom stereocenters. The maximum Gasteiger partial charge on any atom is 0.303 e. The van der Waals surface area contributed by atoms with Gasteiger partial charge in [0.2, 0.25) is 0 Å². The third-order valence-corrected chi connectivity index (χ3v) is 12.2. The van der Waals surface area contributed by atoms with E-state index in [1.165, 1.54) is 45.4 Å². The molecule has 0 saturated heterocycles. The molecule has 4 saturated carbocycles. The zero-order chi connectivity index (χ0) is 27.4. The lowest BCUT2D eigenvalue weighted by Gasteiger charge is -2.65. The van der Waals surface area contributed by atoms with Gasteiger partial charge in [0.1, 0.15) is 11.7 Å². The smallest absolute Gasteiger partial charge is 0.303 e. The first-order chi connectivity index (χ1) is 17.1. The molecule has 0 amide bonds. The van der Waals surface area contributed by atoms with Crippen molar-refractivity contribution < 1.29 is 27.2 Å². The van der Waals surface area contributed by atoms with Crippen LogP contribution in [0.4, 0.5) is 0 Å². The van der Waals surface area contributed by atoms with E-state index >= 15 is 0 Å². The molecule has 0 spiro atoms. The van der Waals surface area contributed by atoms with E-state index in [0.717, 1.165) is 24.5 Å². The molecule has 6 nitrogen and oxygen atoms in total. The average Bonchev–Trinajstić information content (AvgIpc) is 3.11. The van der Waals surface area contributed by atoms with Gasteiger partial charge in [0.25, 0.3) is 10.1 Å². The Morgan fingerprint density at radius 3 is 2.35 bits per heavy atom. The van der Waals surface area contributed by atoms with Gasteiger partial charge < -0.3 is 9.84 Å². The summed E-state index contributed by atoms with van der Waals surface area (Å²) in [5, 5.41) is 12.3. The summed E-state index contributed by atoms with van der Waals surface area (Å²) in [6, 6.07) is 0. The van der Waals surface area contributed by atoms with Crippen molar-refractivity contribution in [3.63, 3.8) is 0 Å². The molecule has 0 bridgehead atoms. The van der Waals surface area contributed by atoms with Crippen LogP contribution in [0.3, 0.4) is 0 Å². The van der Waals surface area contributed by atoms with Gasteiger partial charge in [-0.1, -0.05) is 53.9 Å². The molecule has 37 heavy (non-hydrogen) atoms. The largest absolute Gasteiger partial charge is 0.459 e. The first-order valence-corrected chi connectivity index (χ1v) is 16.7. The van der Waals surface area contributed by atoms with E-state index in [0.29, 0.717) is 48.3 Å².